The van der Waals surface area contributed by atoms with Gasteiger partial charge in [0.05, 0.1) is 17.7 Å². The van der Waals surface area contributed by atoms with Crippen molar-refractivity contribution in [1.29, 1.82) is 0 Å². The number of alkyl carbamates (subject to hydrolysis) is 1. The van der Waals surface area contributed by atoms with Gasteiger partial charge in [0.15, 0.2) is 0 Å². The Kier molecular flexibility index (Phi) is 4.24. The number of methoxy groups -OCH3 is 1. The molecule has 0 aliphatic carbocycles. The number of nitrogens with one attached hydrogen (secondary N) is 1. The molecule has 1 amide bonds. The second-order valence-corrected chi connectivity index (χ2v) is 6.64. The predicted molar refractivity (Wildman–Crippen MR) is 75.2 cm³/mol. The van der Waals surface area contributed by atoms with Crippen LogP contribution in [0.2, 0.25) is 0 Å². The van der Waals surface area contributed by atoms with Gasteiger partial charge in [-0.3, -0.25) is 0 Å². The van der Waals surface area contributed by atoms with Crippen molar-refractivity contribution in [2.45, 2.75) is 17.4 Å². The van der Waals surface area contributed by atoms with Crippen molar-refractivity contribution in [3.8, 4) is 5.75 Å². The Morgan fingerprint density at radius 3 is 2.86 bits per heavy atom. The molecule has 1 aliphatic heterocycles. The number of carbonyl (C=O) groups is 1. The van der Waals surface area contributed by atoms with Gasteiger partial charge in [-0.05, 0) is 24.6 Å². The molecule has 0 aromatic heterocycles. The first-order valence-corrected chi connectivity index (χ1v) is 7.71. The van der Waals surface area contributed by atoms with E-state index in [4.69, 9.17) is 5.73 Å². The van der Waals surface area contributed by atoms with Crippen molar-refractivity contribution in [2.75, 3.05) is 25.9 Å². The fraction of sp³-hybridized carbons (Fsp3) is 0.417. The van der Waals surface area contributed by atoms with Crippen LogP contribution in [0.25, 0.3) is 0 Å². The Morgan fingerprint density at radius 2 is 2.24 bits per heavy atom. The summed E-state index contributed by atoms with van der Waals surface area (Å²) in [5.74, 6) is -0.166. The van der Waals surface area contributed by atoms with E-state index in [0.29, 0.717) is 6.42 Å². The van der Waals surface area contributed by atoms with Crippen LogP contribution in [-0.4, -0.2) is 50.2 Å². The van der Waals surface area contributed by atoms with Crippen molar-refractivity contribution in [1.82, 2.24) is 9.62 Å². The van der Waals surface area contributed by atoms with Crippen LogP contribution >= 0.6 is 0 Å². The Labute approximate surface area is 122 Å². The standard InChI is InChI=1S/C12H17N3O5S/c1-20-12(17)14-8-4-5-15(7-8)21(18,19)9-2-3-11(16)10(13)6-9/h2-3,6,8,16H,4-5,7,13H2,1H3,(H,14,17). The number of ether oxygens (including phenoxy) is 1. The van der Waals surface area contributed by atoms with Gasteiger partial charge in [-0.15, -0.1) is 0 Å². The molecule has 4 N–H and O–H groups in total. The number of sulfonamides is 1. The molecule has 1 aromatic rings. The van der Waals surface area contributed by atoms with Crippen molar-refractivity contribution in [3.63, 3.8) is 0 Å². The number of phenols is 1. The maximum atomic E-state index is 12.4. The molecule has 2 rings (SSSR count). The molecule has 116 valence electrons. The quantitative estimate of drug-likeness (QED) is 0.537. The predicted octanol–water partition coefficient (Wildman–Crippen LogP) is 0.0934. The van der Waals surface area contributed by atoms with Crippen molar-refractivity contribution in [2.24, 2.45) is 0 Å². The highest BCUT2D eigenvalue weighted by atomic mass is 32.2. The number of phenolic OH excluding ortho intramolecular Hbond substituents is 1. The third-order valence-electron chi connectivity index (χ3n) is 3.30. The molecule has 1 saturated heterocycles. The minimum atomic E-state index is -3.70. The zero-order valence-corrected chi connectivity index (χ0v) is 12.3. The number of nitrogen functional groups attached to an aromatic ring is 1. The average Bonchev–Trinajstić information content (AvgIpc) is 2.90. The van der Waals surface area contributed by atoms with E-state index in [1.807, 2.05) is 0 Å². The number of aromatic hydroxyl groups is 1. The molecule has 0 bridgehead atoms. The average molecular weight is 315 g/mol. The molecule has 9 heteroatoms. The summed E-state index contributed by atoms with van der Waals surface area (Å²) in [6.07, 6.45) is -0.0878. The summed E-state index contributed by atoms with van der Waals surface area (Å²) in [5, 5.41) is 11.9. The zero-order chi connectivity index (χ0) is 15.6. The van der Waals surface area contributed by atoms with Gasteiger partial charge in [-0.1, -0.05) is 0 Å². The lowest BCUT2D eigenvalue weighted by Crippen LogP contribution is -2.38. The number of benzene rings is 1. The molecule has 1 aliphatic rings. The SMILES string of the molecule is COC(=O)NC1CCN(S(=O)(=O)c2ccc(O)c(N)c2)C1. The smallest absolute Gasteiger partial charge is 0.407 e. The number of carbonyl (C=O) groups excluding carboxylic acids is 1. The van der Waals surface area contributed by atoms with Crippen LogP contribution < -0.4 is 11.1 Å². The number of nitrogens with zero attached hydrogens (tertiary/aromatic N) is 1. The van der Waals surface area contributed by atoms with Gasteiger partial charge in [0.1, 0.15) is 5.75 Å². The van der Waals surface area contributed by atoms with Crippen LogP contribution in [0.15, 0.2) is 23.1 Å². The number of rotatable bonds is 3. The van der Waals surface area contributed by atoms with Crippen LogP contribution in [0.1, 0.15) is 6.42 Å². The minimum absolute atomic E-state index is 0.000456. The normalized spacial score (nSPS) is 19.4. The van der Waals surface area contributed by atoms with Gasteiger partial charge in [-0.25, -0.2) is 13.2 Å². The van der Waals surface area contributed by atoms with Crippen LogP contribution in [0.4, 0.5) is 10.5 Å². The van der Waals surface area contributed by atoms with Gasteiger partial charge in [-0.2, -0.15) is 4.31 Å². The number of amides is 1. The Morgan fingerprint density at radius 1 is 1.52 bits per heavy atom. The first kappa shape index (κ1) is 15.4. The van der Waals surface area contributed by atoms with Crippen molar-refractivity contribution in [3.05, 3.63) is 18.2 Å². The van der Waals surface area contributed by atoms with E-state index in [-0.39, 0.29) is 35.5 Å². The molecule has 1 fully saturated rings. The van der Waals surface area contributed by atoms with Crippen molar-refractivity contribution >= 4 is 21.8 Å². The lowest BCUT2D eigenvalue weighted by Gasteiger charge is -2.17. The van der Waals surface area contributed by atoms with E-state index in [1.165, 1.54) is 29.6 Å². The van der Waals surface area contributed by atoms with Gasteiger partial charge in [0.2, 0.25) is 10.0 Å². The Balaban J connectivity index is 2.14. The number of hydrogen-bond donors (Lipinski definition) is 3. The summed E-state index contributed by atoms with van der Waals surface area (Å²) in [6.45, 7) is 0.454. The van der Waals surface area contributed by atoms with E-state index in [2.05, 4.69) is 10.1 Å². The van der Waals surface area contributed by atoms with E-state index in [0.717, 1.165) is 0 Å². The molecular formula is C12H17N3O5S. The van der Waals surface area contributed by atoms with E-state index in [1.54, 1.807) is 0 Å². The largest absolute Gasteiger partial charge is 0.506 e. The Bertz CT molecular complexity index is 646. The summed E-state index contributed by atoms with van der Waals surface area (Å²) in [7, 11) is -2.46. The highest BCUT2D eigenvalue weighted by Gasteiger charge is 2.33. The summed E-state index contributed by atoms with van der Waals surface area (Å²) in [4.78, 5) is 11.1. The third kappa shape index (κ3) is 3.19. The number of anilines is 1. The van der Waals surface area contributed by atoms with Crippen LogP contribution in [-0.2, 0) is 14.8 Å². The molecule has 21 heavy (non-hydrogen) atoms. The Hall–Kier alpha value is -2.00. The monoisotopic (exact) mass is 315 g/mol. The van der Waals surface area contributed by atoms with Crippen LogP contribution in [0.3, 0.4) is 0 Å². The second kappa shape index (κ2) is 5.78. The van der Waals surface area contributed by atoms with Gasteiger partial charge in [0.25, 0.3) is 0 Å². The topological polar surface area (TPSA) is 122 Å². The zero-order valence-electron chi connectivity index (χ0n) is 11.4. The van der Waals surface area contributed by atoms with E-state index < -0.39 is 16.1 Å². The molecular weight excluding hydrogens is 298 g/mol. The van der Waals surface area contributed by atoms with Crippen LogP contribution in [0, 0.1) is 0 Å². The third-order valence-corrected chi connectivity index (χ3v) is 5.16. The molecule has 8 nitrogen and oxygen atoms in total. The molecule has 1 heterocycles. The molecule has 0 saturated carbocycles. The van der Waals surface area contributed by atoms with E-state index in [9.17, 15) is 18.3 Å². The first-order chi connectivity index (χ1) is 9.84. The highest BCUT2D eigenvalue weighted by molar-refractivity contribution is 7.89. The molecule has 0 spiro atoms. The molecule has 0 radical (unpaired) electrons. The highest BCUT2D eigenvalue weighted by Crippen LogP contribution is 2.27. The van der Waals surface area contributed by atoms with E-state index >= 15 is 0 Å². The summed E-state index contributed by atoms with van der Waals surface area (Å²) < 4.78 is 30.6. The minimum Gasteiger partial charge on any atom is -0.506 e. The van der Waals surface area contributed by atoms with Crippen molar-refractivity contribution < 1.29 is 23.1 Å². The fourth-order valence-electron chi connectivity index (χ4n) is 2.13. The summed E-state index contributed by atoms with van der Waals surface area (Å²) in [6, 6.07) is 3.46. The number of nitrogens with two attached hydrogens (primary N) is 1. The summed E-state index contributed by atoms with van der Waals surface area (Å²) >= 11 is 0. The number of hydrogen-bond acceptors (Lipinski definition) is 6. The molecule has 1 aromatic carbocycles. The maximum absolute atomic E-state index is 12.4. The second-order valence-electron chi connectivity index (χ2n) is 4.71. The maximum Gasteiger partial charge on any atom is 0.407 e. The lowest BCUT2D eigenvalue weighted by molar-refractivity contribution is 0.167. The first-order valence-electron chi connectivity index (χ1n) is 6.27. The van der Waals surface area contributed by atoms with Gasteiger partial charge >= 0.3 is 6.09 Å². The lowest BCUT2D eigenvalue weighted by atomic mass is 10.3. The van der Waals surface area contributed by atoms with Gasteiger partial charge in [0, 0.05) is 19.1 Å². The molecule has 1 unspecified atom stereocenters. The fourth-order valence-corrected chi connectivity index (χ4v) is 3.67. The summed E-state index contributed by atoms with van der Waals surface area (Å²) in [5.41, 5.74) is 5.52. The molecule has 1 atom stereocenters. The van der Waals surface area contributed by atoms with Gasteiger partial charge < -0.3 is 20.9 Å². The van der Waals surface area contributed by atoms with Crippen LogP contribution in [0.5, 0.6) is 5.75 Å².